The summed E-state index contributed by atoms with van der Waals surface area (Å²) >= 11 is 0. The summed E-state index contributed by atoms with van der Waals surface area (Å²) in [6.07, 6.45) is 1.62. The maximum Gasteiger partial charge on any atom is 0.338 e. The molecule has 0 aliphatic rings. The minimum Gasteiger partial charge on any atom is -0.492 e. The van der Waals surface area contributed by atoms with Crippen molar-refractivity contribution in [3.63, 3.8) is 0 Å². The molecular weight excluding hydrogens is 328 g/mol. The van der Waals surface area contributed by atoms with Gasteiger partial charge in [-0.15, -0.1) is 12.4 Å². The summed E-state index contributed by atoms with van der Waals surface area (Å²) in [7, 11) is 0. The van der Waals surface area contributed by atoms with E-state index < -0.39 is 0 Å². The topological polar surface area (TPSA) is 51.7 Å². The Morgan fingerprint density at radius 2 is 1.92 bits per heavy atom. The number of hydrogen-bond donors (Lipinski definition) is 0. The Morgan fingerprint density at radius 3 is 2.58 bits per heavy atom. The van der Waals surface area contributed by atoms with E-state index in [0.29, 0.717) is 18.8 Å². The van der Waals surface area contributed by atoms with Crippen LogP contribution < -0.4 is 4.74 Å². The molecule has 1 aromatic heterocycles. The molecule has 0 unspecified atom stereocenters. The molecule has 0 aliphatic heterocycles. The van der Waals surface area contributed by atoms with Crippen molar-refractivity contribution in [3.05, 3.63) is 36.0 Å². The third-order valence-corrected chi connectivity index (χ3v) is 3.78. The van der Waals surface area contributed by atoms with Crippen molar-refractivity contribution in [3.8, 4) is 5.75 Å². The Labute approximate surface area is 149 Å². The zero-order valence-electron chi connectivity index (χ0n) is 14.4. The molecule has 5 nitrogen and oxygen atoms in total. The average molecular weight is 353 g/mol. The van der Waals surface area contributed by atoms with E-state index in [4.69, 9.17) is 9.47 Å². The van der Waals surface area contributed by atoms with Crippen LogP contribution in [0.25, 0.3) is 10.9 Å². The molecule has 0 bridgehead atoms. The number of carbonyl (C=O) groups excluding carboxylic acids is 1. The predicted molar refractivity (Wildman–Crippen MR) is 98.2 cm³/mol. The van der Waals surface area contributed by atoms with Crippen molar-refractivity contribution >= 4 is 29.3 Å². The minimum absolute atomic E-state index is 0. The Kier molecular flexibility index (Phi) is 8.50. The maximum atomic E-state index is 12.1. The molecule has 0 amide bonds. The highest BCUT2D eigenvalue weighted by atomic mass is 35.5. The van der Waals surface area contributed by atoms with Gasteiger partial charge in [-0.2, -0.15) is 0 Å². The summed E-state index contributed by atoms with van der Waals surface area (Å²) in [4.78, 5) is 18.6. The number of rotatable bonds is 8. The van der Waals surface area contributed by atoms with E-state index in [1.807, 2.05) is 18.2 Å². The maximum absolute atomic E-state index is 12.1. The Morgan fingerprint density at radius 1 is 1.17 bits per heavy atom. The van der Waals surface area contributed by atoms with Crippen molar-refractivity contribution in [2.75, 3.05) is 32.8 Å². The Bertz CT molecular complexity index is 660. The van der Waals surface area contributed by atoms with Crippen LogP contribution in [-0.4, -0.2) is 48.7 Å². The summed E-state index contributed by atoms with van der Waals surface area (Å²) in [5.74, 6) is 0.406. The standard InChI is InChI=1S/C18H24N2O3.ClH/c1-4-20(5-2)11-12-23-14-7-8-17-16(13-14)15(9-10-19-17)18(21)22-6-3;/h7-10,13H,4-6,11-12H2,1-3H3;1H. The van der Waals surface area contributed by atoms with Crippen LogP contribution in [0, 0.1) is 0 Å². The minimum atomic E-state index is -0.333. The molecular formula is C18H25ClN2O3. The average Bonchev–Trinajstić information content (AvgIpc) is 2.58. The van der Waals surface area contributed by atoms with E-state index in [2.05, 4.69) is 23.7 Å². The van der Waals surface area contributed by atoms with E-state index in [-0.39, 0.29) is 18.4 Å². The lowest BCUT2D eigenvalue weighted by atomic mass is 10.1. The summed E-state index contributed by atoms with van der Waals surface area (Å²) in [6.45, 7) is 9.92. The molecule has 2 rings (SSSR count). The third-order valence-electron chi connectivity index (χ3n) is 3.78. The first kappa shape index (κ1) is 20.2. The molecule has 0 radical (unpaired) electrons. The number of aromatic nitrogens is 1. The second-order valence-corrected chi connectivity index (χ2v) is 5.13. The number of benzene rings is 1. The van der Waals surface area contributed by atoms with E-state index in [0.717, 1.165) is 36.3 Å². The highest BCUT2D eigenvalue weighted by Crippen LogP contribution is 2.23. The van der Waals surface area contributed by atoms with E-state index in [1.165, 1.54) is 0 Å². The van der Waals surface area contributed by atoms with Crippen LogP contribution >= 0.6 is 12.4 Å². The van der Waals surface area contributed by atoms with E-state index in [1.54, 1.807) is 19.2 Å². The van der Waals surface area contributed by atoms with Gasteiger partial charge in [-0.05, 0) is 44.3 Å². The van der Waals surface area contributed by atoms with E-state index >= 15 is 0 Å². The van der Waals surface area contributed by atoms with Crippen LogP contribution in [0.2, 0.25) is 0 Å². The van der Waals surface area contributed by atoms with Crippen molar-refractivity contribution in [1.82, 2.24) is 9.88 Å². The van der Waals surface area contributed by atoms with Crippen molar-refractivity contribution in [2.24, 2.45) is 0 Å². The largest absolute Gasteiger partial charge is 0.492 e. The third kappa shape index (κ3) is 5.08. The van der Waals surface area contributed by atoms with Gasteiger partial charge < -0.3 is 14.4 Å². The smallest absolute Gasteiger partial charge is 0.338 e. The molecule has 132 valence electrons. The summed E-state index contributed by atoms with van der Waals surface area (Å²) in [5, 5.41) is 0.756. The summed E-state index contributed by atoms with van der Waals surface area (Å²) < 4.78 is 10.9. The zero-order valence-corrected chi connectivity index (χ0v) is 15.3. The fourth-order valence-corrected chi connectivity index (χ4v) is 2.43. The van der Waals surface area contributed by atoms with Gasteiger partial charge in [0, 0.05) is 18.1 Å². The Balaban J connectivity index is 0.00000288. The number of ether oxygens (including phenoxy) is 2. The lowest BCUT2D eigenvalue weighted by Crippen LogP contribution is -2.27. The molecule has 1 aromatic carbocycles. The van der Waals surface area contributed by atoms with Crippen molar-refractivity contribution in [2.45, 2.75) is 20.8 Å². The van der Waals surface area contributed by atoms with Crippen LogP contribution in [-0.2, 0) is 4.74 Å². The quantitative estimate of drug-likeness (QED) is 0.680. The molecule has 0 fully saturated rings. The number of likely N-dealkylation sites (N-methyl/N-ethyl adjacent to an activating group) is 1. The van der Waals surface area contributed by atoms with Gasteiger partial charge in [0.25, 0.3) is 0 Å². The first-order valence-electron chi connectivity index (χ1n) is 8.10. The van der Waals surface area contributed by atoms with E-state index in [9.17, 15) is 4.79 Å². The molecule has 0 atom stereocenters. The molecule has 24 heavy (non-hydrogen) atoms. The van der Waals surface area contributed by atoms with Gasteiger partial charge in [0.05, 0.1) is 17.7 Å². The number of fused-ring (bicyclic) bond motifs is 1. The molecule has 1 heterocycles. The highest BCUT2D eigenvalue weighted by molar-refractivity contribution is 6.03. The van der Waals surface area contributed by atoms with Gasteiger partial charge in [-0.25, -0.2) is 4.79 Å². The van der Waals surface area contributed by atoms with Crippen LogP contribution in [0.3, 0.4) is 0 Å². The molecule has 0 aliphatic carbocycles. The van der Waals surface area contributed by atoms with Gasteiger partial charge in [-0.1, -0.05) is 13.8 Å². The van der Waals surface area contributed by atoms with Crippen molar-refractivity contribution < 1.29 is 14.3 Å². The molecule has 0 spiro atoms. The van der Waals surface area contributed by atoms with Gasteiger partial charge in [0.15, 0.2) is 0 Å². The van der Waals surface area contributed by atoms with Crippen LogP contribution in [0.1, 0.15) is 31.1 Å². The molecule has 0 saturated carbocycles. The number of carbonyl (C=O) groups is 1. The first-order chi connectivity index (χ1) is 11.2. The molecule has 0 N–H and O–H groups in total. The summed E-state index contributed by atoms with van der Waals surface area (Å²) in [6, 6.07) is 7.29. The van der Waals surface area contributed by atoms with Crippen LogP contribution in [0.4, 0.5) is 0 Å². The number of esters is 1. The van der Waals surface area contributed by atoms with Gasteiger partial charge >= 0.3 is 5.97 Å². The number of hydrogen-bond acceptors (Lipinski definition) is 5. The fraction of sp³-hybridized carbons (Fsp3) is 0.444. The van der Waals surface area contributed by atoms with Crippen LogP contribution in [0.5, 0.6) is 5.75 Å². The number of halogens is 1. The molecule has 0 saturated heterocycles. The second kappa shape index (κ2) is 10.1. The molecule has 6 heteroatoms. The number of nitrogens with zero attached hydrogens (tertiary/aromatic N) is 2. The first-order valence-corrected chi connectivity index (χ1v) is 8.10. The van der Waals surface area contributed by atoms with Gasteiger partial charge in [0.2, 0.25) is 0 Å². The predicted octanol–water partition coefficient (Wildman–Crippen LogP) is 3.55. The summed E-state index contributed by atoms with van der Waals surface area (Å²) in [5.41, 5.74) is 1.28. The fourth-order valence-electron chi connectivity index (χ4n) is 2.43. The lowest BCUT2D eigenvalue weighted by molar-refractivity contribution is 0.0528. The zero-order chi connectivity index (χ0) is 16.7. The van der Waals surface area contributed by atoms with Crippen molar-refractivity contribution in [1.29, 1.82) is 0 Å². The Hall–Kier alpha value is -1.85. The molecule has 2 aromatic rings. The van der Waals surface area contributed by atoms with Gasteiger partial charge in [0.1, 0.15) is 12.4 Å². The monoisotopic (exact) mass is 352 g/mol. The normalized spacial score (nSPS) is 10.5. The van der Waals surface area contributed by atoms with Gasteiger partial charge in [-0.3, -0.25) is 4.98 Å². The number of pyridine rings is 1. The highest BCUT2D eigenvalue weighted by Gasteiger charge is 2.12. The lowest BCUT2D eigenvalue weighted by Gasteiger charge is -2.18. The SMILES string of the molecule is CCOC(=O)c1ccnc2ccc(OCCN(CC)CC)cc12.Cl. The second-order valence-electron chi connectivity index (χ2n) is 5.13. The van der Waals surface area contributed by atoms with Crippen LogP contribution in [0.15, 0.2) is 30.5 Å².